The van der Waals surface area contributed by atoms with Gasteiger partial charge in [0.05, 0.1) is 25.4 Å². The first-order chi connectivity index (χ1) is 9.18. The number of ether oxygens (including phenoxy) is 1. The van der Waals surface area contributed by atoms with Crippen LogP contribution in [0.2, 0.25) is 0 Å². The Morgan fingerprint density at radius 3 is 1.79 bits per heavy atom. The number of hydrogen-bond acceptors (Lipinski definition) is 3. The molecule has 0 amide bonds. The lowest BCUT2D eigenvalue weighted by Crippen LogP contribution is -2.35. The maximum atomic E-state index is 10.6. The number of hydrogen-bond donors (Lipinski definition) is 2. The fraction of sp³-hybridized carbons (Fsp3) is 1.00. The molecule has 2 N–H and O–H groups in total. The van der Waals surface area contributed by atoms with Crippen LogP contribution in [0.4, 0.5) is 0 Å². The average molecular weight is 274 g/mol. The molecule has 0 rings (SSSR count). The van der Waals surface area contributed by atoms with Crippen molar-refractivity contribution in [2.24, 2.45) is 0 Å². The zero-order valence-corrected chi connectivity index (χ0v) is 13.0. The lowest BCUT2D eigenvalue weighted by molar-refractivity contribution is -0.0650. The predicted octanol–water partition coefficient (Wildman–Crippen LogP) is 3.67. The molecule has 0 aliphatic rings. The van der Waals surface area contributed by atoms with Gasteiger partial charge >= 0.3 is 0 Å². The molecule has 0 saturated carbocycles. The highest BCUT2D eigenvalue weighted by molar-refractivity contribution is 4.78. The van der Waals surface area contributed by atoms with Gasteiger partial charge < -0.3 is 14.9 Å². The Morgan fingerprint density at radius 1 is 0.842 bits per heavy atom. The SMILES string of the molecule is CCCCCCC(O)(CCCCCC)COCCO. The van der Waals surface area contributed by atoms with E-state index in [1.54, 1.807) is 0 Å². The number of rotatable bonds is 14. The molecule has 3 heteroatoms. The van der Waals surface area contributed by atoms with Gasteiger partial charge in [-0.1, -0.05) is 65.2 Å². The summed E-state index contributed by atoms with van der Waals surface area (Å²) in [5.41, 5.74) is -0.684. The number of unbranched alkanes of at least 4 members (excludes halogenated alkanes) is 6. The van der Waals surface area contributed by atoms with E-state index in [9.17, 15) is 5.11 Å². The molecule has 116 valence electrons. The highest BCUT2D eigenvalue weighted by Gasteiger charge is 2.26. The zero-order chi connectivity index (χ0) is 14.4. The van der Waals surface area contributed by atoms with Crippen molar-refractivity contribution in [2.45, 2.75) is 83.7 Å². The van der Waals surface area contributed by atoms with E-state index < -0.39 is 5.60 Å². The quantitative estimate of drug-likeness (QED) is 0.475. The first-order valence-electron chi connectivity index (χ1n) is 8.09. The van der Waals surface area contributed by atoms with Gasteiger partial charge in [0, 0.05) is 0 Å². The molecule has 0 aliphatic heterocycles. The second kappa shape index (κ2) is 12.9. The topological polar surface area (TPSA) is 49.7 Å². The van der Waals surface area contributed by atoms with Crippen molar-refractivity contribution in [3.63, 3.8) is 0 Å². The Kier molecular flexibility index (Phi) is 12.8. The van der Waals surface area contributed by atoms with E-state index in [0.29, 0.717) is 13.2 Å². The summed E-state index contributed by atoms with van der Waals surface area (Å²) in [4.78, 5) is 0. The van der Waals surface area contributed by atoms with Crippen molar-refractivity contribution in [3.05, 3.63) is 0 Å². The van der Waals surface area contributed by atoms with Crippen LogP contribution in [0.15, 0.2) is 0 Å². The van der Waals surface area contributed by atoms with Crippen LogP contribution in [0.1, 0.15) is 78.1 Å². The largest absolute Gasteiger partial charge is 0.394 e. The molecular formula is C16H34O3. The Labute approximate surface area is 119 Å². The van der Waals surface area contributed by atoms with Gasteiger partial charge in [-0.2, -0.15) is 0 Å². The van der Waals surface area contributed by atoms with Gasteiger partial charge in [-0.3, -0.25) is 0 Å². The summed E-state index contributed by atoms with van der Waals surface area (Å²) in [7, 11) is 0. The van der Waals surface area contributed by atoms with Gasteiger partial charge in [0.25, 0.3) is 0 Å². The van der Waals surface area contributed by atoms with Crippen LogP contribution < -0.4 is 0 Å². The summed E-state index contributed by atoms with van der Waals surface area (Å²) in [5, 5.41) is 19.4. The molecule has 19 heavy (non-hydrogen) atoms. The van der Waals surface area contributed by atoms with Crippen LogP contribution in [-0.4, -0.2) is 35.6 Å². The standard InChI is InChI=1S/C16H34O3/c1-3-5-7-9-11-16(18,15-19-14-13-17)12-10-8-6-4-2/h17-18H,3-15H2,1-2H3. The second-order valence-corrected chi connectivity index (χ2v) is 5.62. The maximum Gasteiger partial charge on any atom is 0.0880 e. The van der Waals surface area contributed by atoms with Crippen molar-refractivity contribution in [2.75, 3.05) is 19.8 Å². The Balaban J connectivity index is 3.96. The first kappa shape index (κ1) is 18.9. The van der Waals surface area contributed by atoms with Gasteiger partial charge in [-0.25, -0.2) is 0 Å². The molecule has 0 heterocycles. The zero-order valence-electron chi connectivity index (χ0n) is 13.0. The van der Waals surface area contributed by atoms with Crippen LogP contribution in [0.3, 0.4) is 0 Å². The molecule has 0 saturated heterocycles. The van der Waals surface area contributed by atoms with Gasteiger partial charge in [0.2, 0.25) is 0 Å². The molecule has 0 aromatic heterocycles. The van der Waals surface area contributed by atoms with Crippen LogP contribution in [-0.2, 0) is 4.74 Å². The third-order valence-corrected chi connectivity index (χ3v) is 3.60. The molecule has 0 bridgehead atoms. The summed E-state index contributed by atoms with van der Waals surface area (Å²) >= 11 is 0. The molecule has 0 atom stereocenters. The molecule has 3 nitrogen and oxygen atoms in total. The average Bonchev–Trinajstić information content (AvgIpc) is 2.41. The summed E-state index contributed by atoms with van der Waals surface area (Å²) in [6, 6.07) is 0. The minimum Gasteiger partial charge on any atom is -0.394 e. The lowest BCUT2D eigenvalue weighted by Gasteiger charge is -2.28. The van der Waals surface area contributed by atoms with E-state index in [1.807, 2.05) is 0 Å². The minimum atomic E-state index is -0.684. The van der Waals surface area contributed by atoms with Crippen molar-refractivity contribution < 1.29 is 14.9 Å². The summed E-state index contributed by atoms with van der Waals surface area (Å²) in [6.45, 7) is 5.11. The third kappa shape index (κ3) is 11.4. The van der Waals surface area contributed by atoms with Crippen molar-refractivity contribution >= 4 is 0 Å². The summed E-state index contributed by atoms with van der Waals surface area (Å²) in [5.74, 6) is 0. The van der Waals surface area contributed by atoms with E-state index in [0.717, 1.165) is 25.7 Å². The van der Waals surface area contributed by atoms with Crippen LogP contribution in [0.25, 0.3) is 0 Å². The summed E-state index contributed by atoms with van der Waals surface area (Å²) < 4.78 is 5.36. The Bertz CT molecular complexity index is 171. The van der Waals surface area contributed by atoms with E-state index in [2.05, 4.69) is 13.8 Å². The van der Waals surface area contributed by atoms with Crippen molar-refractivity contribution in [3.8, 4) is 0 Å². The second-order valence-electron chi connectivity index (χ2n) is 5.62. The van der Waals surface area contributed by atoms with Gasteiger partial charge in [-0.05, 0) is 12.8 Å². The molecule has 0 aromatic carbocycles. The van der Waals surface area contributed by atoms with Gasteiger partial charge in [0.15, 0.2) is 0 Å². The minimum absolute atomic E-state index is 0.0295. The number of aliphatic hydroxyl groups is 2. The molecule has 0 spiro atoms. The predicted molar refractivity (Wildman–Crippen MR) is 80.4 cm³/mol. The molecule has 0 aromatic rings. The van der Waals surface area contributed by atoms with Gasteiger partial charge in [-0.15, -0.1) is 0 Å². The Hall–Kier alpha value is -0.120. The highest BCUT2D eigenvalue weighted by Crippen LogP contribution is 2.23. The van der Waals surface area contributed by atoms with E-state index >= 15 is 0 Å². The Morgan fingerprint density at radius 2 is 1.37 bits per heavy atom. The van der Waals surface area contributed by atoms with Gasteiger partial charge in [0.1, 0.15) is 0 Å². The van der Waals surface area contributed by atoms with Crippen LogP contribution in [0, 0.1) is 0 Å². The van der Waals surface area contributed by atoms with Crippen LogP contribution in [0.5, 0.6) is 0 Å². The number of aliphatic hydroxyl groups excluding tert-OH is 1. The first-order valence-corrected chi connectivity index (χ1v) is 8.09. The van der Waals surface area contributed by atoms with Crippen molar-refractivity contribution in [1.29, 1.82) is 0 Å². The molecule has 0 fully saturated rings. The highest BCUT2D eigenvalue weighted by atomic mass is 16.5. The van der Waals surface area contributed by atoms with E-state index in [1.165, 1.54) is 38.5 Å². The lowest BCUT2D eigenvalue weighted by atomic mass is 9.90. The summed E-state index contributed by atoms with van der Waals surface area (Å²) in [6.07, 6.45) is 11.1. The van der Waals surface area contributed by atoms with E-state index in [-0.39, 0.29) is 6.61 Å². The normalized spacial score (nSPS) is 12.0. The van der Waals surface area contributed by atoms with Crippen molar-refractivity contribution in [1.82, 2.24) is 0 Å². The molecule has 0 radical (unpaired) electrons. The maximum absolute atomic E-state index is 10.6. The molecular weight excluding hydrogens is 240 g/mol. The fourth-order valence-corrected chi connectivity index (χ4v) is 2.36. The fourth-order valence-electron chi connectivity index (χ4n) is 2.36. The smallest absolute Gasteiger partial charge is 0.0880 e. The molecule has 0 unspecified atom stereocenters. The monoisotopic (exact) mass is 274 g/mol. The molecule has 0 aliphatic carbocycles. The third-order valence-electron chi connectivity index (χ3n) is 3.60. The van der Waals surface area contributed by atoms with Crippen LogP contribution >= 0.6 is 0 Å². The van der Waals surface area contributed by atoms with E-state index in [4.69, 9.17) is 9.84 Å².